The zero-order valence-corrected chi connectivity index (χ0v) is 16.7. The van der Waals surface area contributed by atoms with E-state index < -0.39 is 5.82 Å². The molecule has 146 valence electrons. The van der Waals surface area contributed by atoms with Gasteiger partial charge in [-0.25, -0.2) is 4.39 Å². The molecule has 0 amide bonds. The number of anilines is 1. The Morgan fingerprint density at radius 2 is 2.00 bits per heavy atom. The monoisotopic (exact) mass is 407 g/mol. The van der Waals surface area contributed by atoms with E-state index in [1.165, 1.54) is 12.1 Å². The second-order valence-corrected chi connectivity index (χ2v) is 7.45. The summed E-state index contributed by atoms with van der Waals surface area (Å²) in [4.78, 5) is 19.4. The summed E-state index contributed by atoms with van der Waals surface area (Å²) in [5.41, 5.74) is 4.86. The fourth-order valence-corrected chi connectivity index (χ4v) is 3.61. The van der Waals surface area contributed by atoms with Crippen LogP contribution in [0.2, 0.25) is 5.02 Å². The minimum atomic E-state index is -0.558. The van der Waals surface area contributed by atoms with Crippen molar-refractivity contribution >= 4 is 28.2 Å². The van der Waals surface area contributed by atoms with Crippen molar-refractivity contribution in [2.45, 2.75) is 19.9 Å². The molecule has 1 atom stereocenters. The van der Waals surface area contributed by atoms with Crippen LogP contribution in [0.15, 0.2) is 65.7 Å². The molecule has 4 aromatic rings. The number of hydrogen-bond donors (Lipinski definition) is 2. The maximum atomic E-state index is 13.7. The van der Waals surface area contributed by atoms with Gasteiger partial charge in [0.05, 0.1) is 16.6 Å². The lowest BCUT2D eigenvalue weighted by molar-refractivity contribution is 0.629. The fraction of sp³-hybridized carbons (Fsp3) is 0.130. The number of rotatable bonds is 4. The number of fused-ring (bicyclic) bond motifs is 1. The minimum absolute atomic E-state index is 0.0246. The van der Waals surface area contributed by atoms with Gasteiger partial charge in [-0.3, -0.25) is 9.78 Å². The molecule has 4 rings (SSSR count). The molecule has 29 heavy (non-hydrogen) atoms. The van der Waals surface area contributed by atoms with Crippen molar-refractivity contribution < 1.29 is 4.39 Å². The minimum Gasteiger partial charge on any atom is -0.378 e. The summed E-state index contributed by atoms with van der Waals surface area (Å²) in [5, 5.41) is 4.08. The molecule has 2 aromatic carbocycles. The van der Waals surface area contributed by atoms with Crippen LogP contribution in [0.4, 0.5) is 10.1 Å². The van der Waals surface area contributed by atoms with Crippen LogP contribution in [0.3, 0.4) is 0 Å². The second-order valence-electron chi connectivity index (χ2n) is 7.04. The third-order valence-corrected chi connectivity index (χ3v) is 5.25. The molecule has 0 aliphatic heterocycles. The SMILES string of the molecule is Cc1cnccc1-c1cccc(NC(C)c2cc3cc(Cl)c(F)cc3[nH]c2=O)c1. The van der Waals surface area contributed by atoms with Crippen molar-refractivity contribution in [1.29, 1.82) is 0 Å². The summed E-state index contributed by atoms with van der Waals surface area (Å²) in [6.07, 6.45) is 3.61. The lowest BCUT2D eigenvalue weighted by Crippen LogP contribution is -2.19. The highest BCUT2D eigenvalue weighted by atomic mass is 35.5. The first-order valence-corrected chi connectivity index (χ1v) is 9.60. The van der Waals surface area contributed by atoms with Crippen molar-refractivity contribution in [2.75, 3.05) is 5.32 Å². The van der Waals surface area contributed by atoms with Crippen molar-refractivity contribution in [3.05, 3.63) is 93.2 Å². The molecule has 0 saturated carbocycles. The van der Waals surface area contributed by atoms with E-state index in [9.17, 15) is 9.18 Å². The van der Waals surface area contributed by atoms with Crippen molar-refractivity contribution in [2.24, 2.45) is 0 Å². The Bertz CT molecular complexity index is 1270. The third kappa shape index (κ3) is 3.87. The maximum Gasteiger partial charge on any atom is 0.253 e. The van der Waals surface area contributed by atoms with Crippen LogP contribution in [-0.2, 0) is 0 Å². The highest BCUT2D eigenvalue weighted by Crippen LogP contribution is 2.28. The zero-order valence-electron chi connectivity index (χ0n) is 16.0. The van der Waals surface area contributed by atoms with E-state index in [1.54, 1.807) is 12.3 Å². The van der Waals surface area contributed by atoms with Gasteiger partial charge in [0.15, 0.2) is 0 Å². The van der Waals surface area contributed by atoms with Crippen LogP contribution in [0, 0.1) is 12.7 Å². The number of aromatic amines is 1. The van der Waals surface area contributed by atoms with Crippen LogP contribution < -0.4 is 10.9 Å². The summed E-state index contributed by atoms with van der Waals surface area (Å²) in [6, 6.07) is 14.2. The molecule has 2 aromatic heterocycles. The summed E-state index contributed by atoms with van der Waals surface area (Å²) in [7, 11) is 0. The lowest BCUT2D eigenvalue weighted by atomic mass is 10.0. The number of aryl methyl sites for hydroxylation is 1. The zero-order chi connectivity index (χ0) is 20.5. The van der Waals surface area contributed by atoms with E-state index in [4.69, 9.17) is 11.6 Å². The van der Waals surface area contributed by atoms with Gasteiger partial charge in [0, 0.05) is 29.0 Å². The standard InChI is InChI=1S/C23H19ClFN3O/c1-13-12-26-7-6-18(13)15-4-3-5-17(8-15)27-14(2)19-9-16-10-20(24)21(25)11-22(16)28-23(19)29/h3-12,14,27H,1-2H3,(H,28,29). The van der Waals surface area contributed by atoms with Crippen LogP contribution in [0.1, 0.15) is 24.1 Å². The molecule has 4 nitrogen and oxygen atoms in total. The quantitative estimate of drug-likeness (QED) is 0.445. The molecule has 0 spiro atoms. The first-order chi connectivity index (χ1) is 13.9. The van der Waals surface area contributed by atoms with Crippen molar-refractivity contribution in [3.63, 3.8) is 0 Å². The summed E-state index contributed by atoms with van der Waals surface area (Å²) in [5.74, 6) is -0.558. The van der Waals surface area contributed by atoms with Gasteiger partial charge in [-0.1, -0.05) is 23.7 Å². The number of H-pyrrole nitrogens is 1. The Morgan fingerprint density at radius 1 is 1.17 bits per heavy atom. The van der Waals surface area contributed by atoms with E-state index >= 15 is 0 Å². The Morgan fingerprint density at radius 3 is 2.79 bits per heavy atom. The number of hydrogen-bond acceptors (Lipinski definition) is 3. The van der Waals surface area contributed by atoms with Gasteiger partial charge < -0.3 is 10.3 Å². The smallest absolute Gasteiger partial charge is 0.253 e. The van der Waals surface area contributed by atoms with Crippen LogP contribution in [0.25, 0.3) is 22.0 Å². The van der Waals surface area contributed by atoms with E-state index in [-0.39, 0.29) is 16.6 Å². The molecule has 6 heteroatoms. The summed E-state index contributed by atoms with van der Waals surface area (Å²) >= 11 is 5.89. The van der Waals surface area contributed by atoms with Crippen LogP contribution in [-0.4, -0.2) is 9.97 Å². The average Bonchev–Trinajstić information content (AvgIpc) is 2.69. The summed E-state index contributed by atoms with van der Waals surface area (Å²) < 4.78 is 13.7. The first-order valence-electron chi connectivity index (χ1n) is 9.22. The van der Waals surface area contributed by atoms with Gasteiger partial charge in [-0.2, -0.15) is 0 Å². The Balaban J connectivity index is 1.66. The molecule has 0 aliphatic carbocycles. The number of halogens is 2. The topological polar surface area (TPSA) is 57.8 Å². The number of pyridine rings is 2. The van der Waals surface area contributed by atoms with Crippen molar-refractivity contribution in [1.82, 2.24) is 9.97 Å². The first kappa shape index (κ1) is 19.2. The maximum absolute atomic E-state index is 13.7. The second kappa shape index (κ2) is 7.68. The van der Waals surface area contributed by atoms with Crippen molar-refractivity contribution in [3.8, 4) is 11.1 Å². The third-order valence-electron chi connectivity index (χ3n) is 4.96. The van der Waals surface area contributed by atoms with E-state index in [1.807, 2.05) is 50.4 Å². The van der Waals surface area contributed by atoms with Gasteiger partial charge in [-0.05, 0) is 66.9 Å². The Hall–Kier alpha value is -3.18. The molecule has 2 N–H and O–H groups in total. The van der Waals surface area contributed by atoms with Gasteiger partial charge >= 0.3 is 0 Å². The molecule has 0 bridgehead atoms. The molecule has 0 aliphatic rings. The highest BCUT2D eigenvalue weighted by molar-refractivity contribution is 6.31. The van der Waals surface area contributed by atoms with Crippen LogP contribution >= 0.6 is 11.6 Å². The number of nitrogens with zero attached hydrogens (tertiary/aromatic N) is 1. The molecule has 0 saturated heterocycles. The predicted octanol–water partition coefficient (Wildman–Crippen LogP) is 5.86. The molecular weight excluding hydrogens is 389 g/mol. The molecular formula is C23H19ClFN3O. The number of benzene rings is 2. The van der Waals surface area contributed by atoms with Gasteiger partial charge in [-0.15, -0.1) is 0 Å². The van der Waals surface area contributed by atoms with Gasteiger partial charge in [0.1, 0.15) is 5.82 Å². The van der Waals surface area contributed by atoms with E-state index in [2.05, 4.69) is 15.3 Å². The van der Waals surface area contributed by atoms with E-state index in [0.29, 0.717) is 16.5 Å². The highest BCUT2D eigenvalue weighted by Gasteiger charge is 2.13. The normalized spacial score (nSPS) is 12.1. The molecule has 0 fully saturated rings. The molecule has 2 heterocycles. The Kier molecular flexibility index (Phi) is 5.07. The predicted molar refractivity (Wildman–Crippen MR) is 116 cm³/mol. The average molecular weight is 408 g/mol. The lowest BCUT2D eigenvalue weighted by Gasteiger charge is -2.17. The van der Waals surface area contributed by atoms with Gasteiger partial charge in [0.25, 0.3) is 5.56 Å². The number of nitrogens with one attached hydrogen (secondary N) is 2. The fourth-order valence-electron chi connectivity index (χ4n) is 3.44. The summed E-state index contributed by atoms with van der Waals surface area (Å²) in [6.45, 7) is 3.93. The molecule has 0 radical (unpaired) electrons. The largest absolute Gasteiger partial charge is 0.378 e. The molecule has 1 unspecified atom stereocenters. The van der Waals surface area contributed by atoms with Gasteiger partial charge in [0.2, 0.25) is 0 Å². The van der Waals surface area contributed by atoms with E-state index in [0.717, 1.165) is 22.4 Å². The number of aromatic nitrogens is 2. The Labute approximate surface area is 172 Å². The van der Waals surface area contributed by atoms with Crippen LogP contribution in [0.5, 0.6) is 0 Å².